The summed E-state index contributed by atoms with van der Waals surface area (Å²) in [7, 11) is 0. The van der Waals surface area contributed by atoms with Gasteiger partial charge in [0.15, 0.2) is 0 Å². The Kier molecular flexibility index (Phi) is 3.43. The van der Waals surface area contributed by atoms with Crippen LogP contribution in [0.25, 0.3) is 10.9 Å². The lowest BCUT2D eigenvalue weighted by atomic mass is 10.1. The number of benzene rings is 1. The van der Waals surface area contributed by atoms with Crippen molar-refractivity contribution in [2.45, 2.75) is 13.8 Å². The number of aryl methyl sites for hydroxylation is 1. The standard InChI is InChI=1S/C13H12BrNO2/c1-3-17-13(16)10-7-15-11-5-4-8(2)6-9(11)12(10)14/h4-7H,3H2,1-2H3. The molecule has 0 radical (unpaired) electrons. The second-order valence-corrected chi connectivity index (χ2v) is 4.52. The maximum absolute atomic E-state index is 11.7. The highest BCUT2D eigenvalue weighted by molar-refractivity contribution is 9.10. The van der Waals surface area contributed by atoms with Gasteiger partial charge in [-0.2, -0.15) is 0 Å². The van der Waals surface area contributed by atoms with Crippen LogP contribution in [0.4, 0.5) is 0 Å². The number of nitrogens with zero attached hydrogens (tertiary/aromatic N) is 1. The number of ether oxygens (including phenoxy) is 1. The predicted octanol–water partition coefficient (Wildman–Crippen LogP) is 3.48. The molecule has 0 aliphatic heterocycles. The first-order chi connectivity index (χ1) is 8.13. The summed E-state index contributed by atoms with van der Waals surface area (Å²) < 4.78 is 5.72. The fourth-order valence-electron chi connectivity index (χ4n) is 1.63. The smallest absolute Gasteiger partial charge is 0.340 e. The summed E-state index contributed by atoms with van der Waals surface area (Å²) in [5.74, 6) is -0.352. The third-order valence-electron chi connectivity index (χ3n) is 2.45. The molecular formula is C13H12BrNO2. The Labute approximate surface area is 108 Å². The van der Waals surface area contributed by atoms with Crippen molar-refractivity contribution in [2.24, 2.45) is 0 Å². The van der Waals surface area contributed by atoms with Gasteiger partial charge >= 0.3 is 5.97 Å². The van der Waals surface area contributed by atoms with E-state index in [1.165, 1.54) is 0 Å². The molecule has 0 atom stereocenters. The van der Waals surface area contributed by atoms with Crippen LogP contribution in [0.15, 0.2) is 28.9 Å². The monoisotopic (exact) mass is 293 g/mol. The van der Waals surface area contributed by atoms with Crippen LogP contribution in [0.2, 0.25) is 0 Å². The number of halogens is 1. The third kappa shape index (κ3) is 2.31. The van der Waals surface area contributed by atoms with Gasteiger partial charge < -0.3 is 4.74 Å². The molecule has 1 aromatic heterocycles. The fourth-order valence-corrected chi connectivity index (χ4v) is 2.21. The second-order valence-electron chi connectivity index (χ2n) is 3.73. The van der Waals surface area contributed by atoms with Gasteiger partial charge in [-0.05, 0) is 41.9 Å². The van der Waals surface area contributed by atoms with Crippen LogP contribution < -0.4 is 0 Å². The fraction of sp³-hybridized carbons (Fsp3) is 0.231. The van der Waals surface area contributed by atoms with Gasteiger partial charge in [0.2, 0.25) is 0 Å². The lowest BCUT2D eigenvalue weighted by Gasteiger charge is -2.07. The Balaban J connectivity index is 2.60. The van der Waals surface area contributed by atoms with Crippen LogP contribution in [0, 0.1) is 6.92 Å². The number of pyridine rings is 1. The van der Waals surface area contributed by atoms with Gasteiger partial charge in [0, 0.05) is 16.1 Å². The highest BCUT2D eigenvalue weighted by Crippen LogP contribution is 2.27. The Bertz CT molecular complexity index is 581. The molecule has 4 heteroatoms. The Hall–Kier alpha value is -1.42. The number of hydrogen-bond acceptors (Lipinski definition) is 3. The van der Waals surface area contributed by atoms with E-state index in [1.54, 1.807) is 13.1 Å². The van der Waals surface area contributed by atoms with Gasteiger partial charge in [0.1, 0.15) is 0 Å². The average molecular weight is 294 g/mol. The molecule has 0 fully saturated rings. The third-order valence-corrected chi connectivity index (χ3v) is 3.31. The molecule has 2 aromatic rings. The SMILES string of the molecule is CCOC(=O)c1cnc2ccc(C)cc2c1Br. The largest absolute Gasteiger partial charge is 0.462 e. The summed E-state index contributed by atoms with van der Waals surface area (Å²) in [6, 6.07) is 5.92. The maximum Gasteiger partial charge on any atom is 0.340 e. The molecule has 17 heavy (non-hydrogen) atoms. The first kappa shape index (κ1) is 12.0. The topological polar surface area (TPSA) is 39.2 Å². The summed E-state index contributed by atoms with van der Waals surface area (Å²) in [6.45, 7) is 4.14. The van der Waals surface area contributed by atoms with Crippen LogP contribution in [-0.4, -0.2) is 17.6 Å². The maximum atomic E-state index is 11.7. The van der Waals surface area contributed by atoms with E-state index >= 15 is 0 Å². The Morgan fingerprint density at radius 3 is 2.94 bits per heavy atom. The van der Waals surface area contributed by atoms with E-state index in [9.17, 15) is 4.79 Å². The van der Waals surface area contributed by atoms with E-state index in [0.717, 1.165) is 20.9 Å². The van der Waals surface area contributed by atoms with Crippen molar-refractivity contribution in [1.29, 1.82) is 0 Å². The summed E-state index contributed by atoms with van der Waals surface area (Å²) in [5.41, 5.74) is 2.45. The zero-order valence-corrected chi connectivity index (χ0v) is 11.2. The Morgan fingerprint density at radius 2 is 2.24 bits per heavy atom. The van der Waals surface area contributed by atoms with Gasteiger partial charge in [-0.3, -0.25) is 4.98 Å². The van der Waals surface area contributed by atoms with Crippen molar-refractivity contribution in [1.82, 2.24) is 4.98 Å². The van der Waals surface area contributed by atoms with Gasteiger partial charge in [0.05, 0.1) is 17.7 Å². The van der Waals surface area contributed by atoms with Crippen LogP contribution in [0.3, 0.4) is 0 Å². The highest BCUT2D eigenvalue weighted by Gasteiger charge is 2.14. The van der Waals surface area contributed by atoms with Crippen molar-refractivity contribution < 1.29 is 9.53 Å². The first-order valence-electron chi connectivity index (χ1n) is 5.35. The minimum Gasteiger partial charge on any atom is -0.462 e. The van der Waals surface area contributed by atoms with Crippen molar-refractivity contribution >= 4 is 32.8 Å². The van der Waals surface area contributed by atoms with Crippen LogP contribution in [0.1, 0.15) is 22.8 Å². The quantitative estimate of drug-likeness (QED) is 0.796. The minimum absolute atomic E-state index is 0.352. The predicted molar refractivity (Wildman–Crippen MR) is 70.1 cm³/mol. The number of carbonyl (C=O) groups is 1. The number of esters is 1. The average Bonchev–Trinajstić information content (AvgIpc) is 2.30. The first-order valence-corrected chi connectivity index (χ1v) is 6.14. The van der Waals surface area contributed by atoms with E-state index < -0.39 is 0 Å². The van der Waals surface area contributed by atoms with E-state index in [4.69, 9.17) is 4.74 Å². The van der Waals surface area contributed by atoms with Gasteiger partial charge in [0.25, 0.3) is 0 Å². The van der Waals surface area contributed by atoms with Crippen molar-refractivity contribution in [2.75, 3.05) is 6.61 Å². The molecule has 0 spiro atoms. The van der Waals surface area contributed by atoms with Gasteiger partial charge in [-0.1, -0.05) is 11.6 Å². The van der Waals surface area contributed by atoms with Crippen molar-refractivity contribution in [3.05, 3.63) is 40.0 Å². The molecule has 0 amide bonds. The van der Waals surface area contributed by atoms with Gasteiger partial charge in [-0.15, -0.1) is 0 Å². The molecule has 0 saturated heterocycles. The number of hydrogen-bond donors (Lipinski definition) is 0. The van der Waals surface area contributed by atoms with Crippen molar-refractivity contribution in [3.8, 4) is 0 Å². The molecule has 3 nitrogen and oxygen atoms in total. The van der Waals surface area contributed by atoms with E-state index in [0.29, 0.717) is 12.2 Å². The van der Waals surface area contributed by atoms with Crippen LogP contribution in [-0.2, 0) is 4.74 Å². The van der Waals surface area contributed by atoms with Crippen LogP contribution >= 0.6 is 15.9 Å². The molecule has 0 bridgehead atoms. The van der Waals surface area contributed by atoms with Gasteiger partial charge in [-0.25, -0.2) is 4.79 Å². The zero-order valence-electron chi connectivity index (χ0n) is 9.66. The molecule has 0 aliphatic rings. The molecule has 0 saturated carbocycles. The highest BCUT2D eigenvalue weighted by atomic mass is 79.9. The van der Waals surface area contributed by atoms with E-state index in [1.807, 2.05) is 25.1 Å². The summed E-state index contributed by atoms with van der Waals surface area (Å²) in [4.78, 5) is 16.0. The molecule has 1 heterocycles. The zero-order chi connectivity index (χ0) is 12.4. The molecule has 0 N–H and O–H groups in total. The lowest BCUT2D eigenvalue weighted by Crippen LogP contribution is -2.06. The summed E-state index contributed by atoms with van der Waals surface area (Å²) in [6.07, 6.45) is 1.54. The molecular weight excluding hydrogens is 282 g/mol. The second kappa shape index (κ2) is 4.84. The summed E-state index contributed by atoms with van der Waals surface area (Å²) >= 11 is 3.45. The number of rotatable bonds is 2. The summed E-state index contributed by atoms with van der Waals surface area (Å²) in [5, 5.41) is 0.926. The lowest BCUT2D eigenvalue weighted by molar-refractivity contribution is 0.0525. The number of fused-ring (bicyclic) bond motifs is 1. The van der Waals surface area contributed by atoms with Crippen molar-refractivity contribution in [3.63, 3.8) is 0 Å². The van der Waals surface area contributed by atoms with Crippen LogP contribution in [0.5, 0.6) is 0 Å². The Morgan fingerprint density at radius 1 is 1.47 bits per heavy atom. The molecule has 0 aliphatic carbocycles. The van der Waals surface area contributed by atoms with E-state index in [2.05, 4.69) is 20.9 Å². The number of carbonyl (C=O) groups excluding carboxylic acids is 1. The molecule has 0 unspecified atom stereocenters. The normalized spacial score (nSPS) is 10.5. The molecule has 1 aromatic carbocycles. The minimum atomic E-state index is -0.352. The molecule has 2 rings (SSSR count). The number of aromatic nitrogens is 1. The van der Waals surface area contributed by atoms with E-state index in [-0.39, 0.29) is 5.97 Å². The molecule has 88 valence electrons.